The number of anilines is 1. The third-order valence-electron chi connectivity index (χ3n) is 7.59. The molecule has 0 aromatic heterocycles. The Morgan fingerprint density at radius 2 is 1.43 bits per heavy atom. The molecule has 3 atom stereocenters. The van der Waals surface area contributed by atoms with E-state index >= 15 is 0 Å². The van der Waals surface area contributed by atoms with Gasteiger partial charge in [0.15, 0.2) is 0 Å². The number of ether oxygens (including phenoxy) is 1. The summed E-state index contributed by atoms with van der Waals surface area (Å²) < 4.78 is 5.61. The summed E-state index contributed by atoms with van der Waals surface area (Å²) in [4.78, 5) is 79.7. The van der Waals surface area contributed by atoms with Gasteiger partial charge in [0, 0.05) is 30.8 Å². The fourth-order valence-corrected chi connectivity index (χ4v) is 5.05. The van der Waals surface area contributed by atoms with Gasteiger partial charge in [0.1, 0.15) is 23.7 Å². The molecule has 0 bridgehead atoms. The number of nitrogens with two attached hydrogens (primary N) is 1. The average Bonchev–Trinajstić information content (AvgIpc) is 3.06. The van der Waals surface area contributed by atoms with Crippen LogP contribution in [0.15, 0.2) is 78.9 Å². The zero-order valence-electron chi connectivity index (χ0n) is 29.7. The maximum Gasteiger partial charge on any atom is 0.418 e. The van der Waals surface area contributed by atoms with Crippen molar-refractivity contribution in [3.63, 3.8) is 0 Å². The summed E-state index contributed by atoms with van der Waals surface area (Å²) in [6, 6.07) is 16.9. The number of carbonyl (C=O) groups is 5. The molecule has 0 saturated heterocycles. The highest BCUT2D eigenvalue weighted by molar-refractivity contribution is 6.09. The minimum absolute atomic E-state index is 0.0146. The third kappa shape index (κ3) is 11.9. The highest BCUT2D eigenvalue weighted by Crippen LogP contribution is 2.22. The zero-order valence-corrected chi connectivity index (χ0v) is 29.7. The lowest BCUT2D eigenvalue weighted by molar-refractivity contribution is -0.384. The minimum Gasteiger partial charge on any atom is -0.443 e. The predicted octanol–water partition coefficient (Wildman–Crippen LogP) is 4.52. The van der Waals surface area contributed by atoms with E-state index in [0.29, 0.717) is 11.1 Å². The van der Waals surface area contributed by atoms with Crippen LogP contribution in [0.1, 0.15) is 69.4 Å². The lowest BCUT2D eigenvalue weighted by Gasteiger charge is -2.33. The topological polar surface area (TPSA) is 203 Å². The van der Waals surface area contributed by atoms with Crippen molar-refractivity contribution in [2.75, 3.05) is 5.73 Å². The van der Waals surface area contributed by atoms with Crippen molar-refractivity contribution >= 4 is 41.1 Å². The monoisotopic (exact) mass is 702 g/mol. The van der Waals surface area contributed by atoms with Crippen LogP contribution in [0, 0.1) is 16.0 Å². The number of nitrogens with one attached hydrogen (secondary N) is 3. The molecule has 14 heteroatoms. The number of rotatable bonds is 14. The summed E-state index contributed by atoms with van der Waals surface area (Å²) in [5, 5.41) is 19.0. The van der Waals surface area contributed by atoms with E-state index in [-0.39, 0.29) is 42.2 Å². The molecule has 0 aliphatic carbocycles. The van der Waals surface area contributed by atoms with E-state index < -0.39 is 58.4 Å². The number of imide groups is 1. The van der Waals surface area contributed by atoms with E-state index in [9.17, 15) is 34.1 Å². The number of hydrogen-bond donors (Lipinski definition) is 4. The van der Waals surface area contributed by atoms with Crippen LogP contribution >= 0.6 is 0 Å². The second kappa shape index (κ2) is 17.7. The van der Waals surface area contributed by atoms with Crippen molar-refractivity contribution in [1.82, 2.24) is 20.9 Å². The van der Waals surface area contributed by atoms with Gasteiger partial charge in [-0.3, -0.25) is 29.3 Å². The predicted molar refractivity (Wildman–Crippen MR) is 191 cm³/mol. The van der Waals surface area contributed by atoms with Crippen molar-refractivity contribution in [2.45, 2.75) is 84.7 Å². The number of hydrogen-bond acceptors (Lipinski definition) is 9. The smallest absolute Gasteiger partial charge is 0.418 e. The van der Waals surface area contributed by atoms with Crippen LogP contribution in [-0.2, 0) is 32.1 Å². The first kappa shape index (κ1) is 39.6. The number of nitrogen functional groups attached to an aromatic ring is 1. The van der Waals surface area contributed by atoms with Crippen molar-refractivity contribution in [2.24, 2.45) is 5.92 Å². The standard InChI is InChI=1S/C37H46N6O8/c1-23(2)20-30(33(45)40-24(3)32(44)39-22-26-16-18-27(19-17-26)43(49)50)41-34(46)31(21-25-12-8-7-9-13-25)42(36(48)51-37(4,5)6)35(47)28-14-10-11-15-29(28)38/h7-19,23-24,30-31H,20-22,38H2,1-6H3,(H,39,44)(H,40,45)(H,41,46)/t24-,30-,31-/m0/s1. The summed E-state index contributed by atoms with van der Waals surface area (Å²) >= 11 is 0. The lowest BCUT2D eigenvalue weighted by atomic mass is 9.99. The highest BCUT2D eigenvalue weighted by Gasteiger charge is 2.40. The van der Waals surface area contributed by atoms with E-state index in [1.165, 1.54) is 43.3 Å². The molecule has 0 unspecified atom stereocenters. The highest BCUT2D eigenvalue weighted by atomic mass is 16.6. The summed E-state index contributed by atoms with van der Waals surface area (Å²) in [5.41, 5.74) is 6.33. The van der Waals surface area contributed by atoms with Crippen molar-refractivity contribution in [3.05, 3.63) is 106 Å². The molecule has 0 aliphatic rings. The summed E-state index contributed by atoms with van der Waals surface area (Å²) in [5.74, 6) is -2.94. The fraction of sp³-hybridized carbons (Fsp3) is 0.378. The summed E-state index contributed by atoms with van der Waals surface area (Å²) in [7, 11) is 0. The van der Waals surface area contributed by atoms with E-state index in [4.69, 9.17) is 10.5 Å². The molecule has 51 heavy (non-hydrogen) atoms. The number of carbonyl (C=O) groups excluding carboxylic acids is 5. The number of benzene rings is 3. The minimum atomic E-state index is -1.47. The largest absolute Gasteiger partial charge is 0.443 e. The maximum absolute atomic E-state index is 14.3. The van der Waals surface area contributed by atoms with Crippen LogP contribution in [0.4, 0.5) is 16.2 Å². The Kier molecular flexibility index (Phi) is 13.8. The molecule has 0 heterocycles. The molecular formula is C37H46N6O8. The number of amides is 5. The Morgan fingerprint density at radius 1 is 0.824 bits per heavy atom. The van der Waals surface area contributed by atoms with Crippen LogP contribution in [0.3, 0.4) is 0 Å². The molecule has 0 spiro atoms. The molecule has 272 valence electrons. The van der Waals surface area contributed by atoms with Crippen LogP contribution in [0.25, 0.3) is 0 Å². The van der Waals surface area contributed by atoms with Gasteiger partial charge in [0.25, 0.3) is 11.6 Å². The first-order valence-electron chi connectivity index (χ1n) is 16.5. The first-order chi connectivity index (χ1) is 24.0. The van der Waals surface area contributed by atoms with Gasteiger partial charge < -0.3 is 26.4 Å². The summed E-state index contributed by atoms with van der Waals surface area (Å²) in [6.07, 6.45) is -1.02. The van der Waals surface area contributed by atoms with Gasteiger partial charge in [-0.15, -0.1) is 0 Å². The van der Waals surface area contributed by atoms with Crippen molar-refractivity contribution in [1.29, 1.82) is 0 Å². The molecule has 5 amide bonds. The molecule has 0 radical (unpaired) electrons. The van der Waals surface area contributed by atoms with Gasteiger partial charge >= 0.3 is 6.09 Å². The first-order valence-corrected chi connectivity index (χ1v) is 16.5. The second-order valence-electron chi connectivity index (χ2n) is 13.5. The molecule has 0 aliphatic heterocycles. The number of non-ortho nitro benzene ring substituents is 1. The second-order valence-corrected chi connectivity index (χ2v) is 13.5. The molecular weight excluding hydrogens is 656 g/mol. The Balaban J connectivity index is 1.89. The molecule has 0 saturated carbocycles. The molecule has 3 aromatic carbocycles. The van der Waals surface area contributed by atoms with Crippen molar-refractivity contribution in [3.8, 4) is 0 Å². The maximum atomic E-state index is 14.3. The number of nitrogens with zero attached hydrogens (tertiary/aromatic N) is 2. The molecule has 5 N–H and O–H groups in total. The Labute approximate surface area is 297 Å². The van der Waals surface area contributed by atoms with Crippen LogP contribution in [0.2, 0.25) is 0 Å². The van der Waals surface area contributed by atoms with Crippen LogP contribution < -0.4 is 21.7 Å². The van der Waals surface area contributed by atoms with Crippen LogP contribution in [-0.4, -0.2) is 63.3 Å². The SMILES string of the molecule is CC(C)C[C@H](NC(=O)[C@H](Cc1ccccc1)N(C(=O)OC(C)(C)C)C(=O)c1ccccc1N)C(=O)N[C@@H](C)C(=O)NCc1ccc([N+](=O)[O-])cc1. The Morgan fingerprint density at radius 3 is 2.00 bits per heavy atom. The average molecular weight is 703 g/mol. The Hall–Kier alpha value is -5.79. The zero-order chi connectivity index (χ0) is 37.9. The quantitative estimate of drug-likeness (QED) is 0.106. The van der Waals surface area contributed by atoms with E-state index in [1.54, 1.807) is 63.2 Å². The van der Waals surface area contributed by atoms with Crippen LogP contribution in [0.5, 0.6) is 0 Å². The van der Waals surface area contributed by atoms with Gasteiger partial charge in [-0.1, -0.05) is 68.4 Å². The van der Waals surface area contributed by atoms with Gasteiger partial charge in [0.05, 0.1) is 10.5 Å². The Bertz CT molecular complexity index is 1710. The number of nitro groups is 1. The number of nitro benzene ring substituents is 1. The van der Waals surface area contributed by atoms with Gasteiger partial charge in [-0.2, -0.15) is 0 Å². The normalized spacial score (nSPS) is 12.9. The van der Waals surface area contributed by atoms with E-state index in [1.807, 2.05) is 13.8 Å². The fourth-order valence-electron chi connectivity index (χ4n) is 5.05. The molecule has 14 nitrogen and oxygen atoms in total. The third-order valence-corrected chi connectivity index (χ3v) is 7.59. The van der Waals surface area contributed by atoms with Gasteiger partial charge in [-0.25, -0.2) is 9.69 Å². The van der Waals surface area contributed by atoms with E-state index in [2.05, 4.69) is 16.0 Å². The van der Waals surface area contributed by atoms with E-state index in [0.717, 1.165) is 4.90 Å². The molecule has 3 aromatic rings. The lowest BCUT2D eigenvalue weighted by Crippen LogP contribution is -2.59. The molecule has 3 rings (SSSR count). The molecule has 0 fully saturated rings. The number of para-hydroxylation sites is 1. The van der Waals surface area contributed by atoms with Crippen molar-refractivity contribution < 1.29 is 33.6 Å². The summed E-state index contributed by atoms with van der Waals surface area (Å²) in [6.45, 7) is 10.1. The van der Waals surface area contributed by atoms with Gasteiger partial charge in [-0.05, 0) is 63.3 Å². The van der Waals surface area contributed by atoms with Gasteiger partial charge in [0.2, 0.25) is 17.7 Å².